The Balaban J connectivity index is 1.87. The molecule has 1 aliphatic rings. The molecule has 0 radical (unpaired) electrons. The largest absolute Gasteiger partial charge is 0.480 e. The van der Waals surface area contributed by atoms with Crippen LogP contribution in [0.3, 0.4) is 0 Å². The van der Waals surface area contributed by atoms with E-state index in [4.69, 9.17) is 5.11 Å². The summed E-state index contributed by atoms with van der Waals surface area (Å²) in [6.07, 6.45) is 8.34. The smallest absolute Gasteiger partial charge is 0.320 e. The molecule has 18 heavy (non-hydrogen) atoms. The fraction of sp³-hybridized carbons (Fsp3) is 0.692. The lowest BCUT2D eigenvalue weighted by Gasteiger charge is -2.21. The van der Waals surface area contributed by atoms with E-state index < -0.39 is 12.0 Å². The van der Waals surface area contributed by atoms with Gasteiger partial charge in [0.25, 0.3) is 0 Å². The maximum absolute atomic E-state index is 10.7. The Bertz CT molecular complexity index is 397. The van der Waals surface area contributed by atoms with Crippen molar-refractivity contribution in [1.29, 1.82) is 0 Å². The molecule has 0 spiro atoms. The monoisotopic (exact) mass is 251 g/mol. The molecule has 0 bridgehead atoms. The summed E-state index contributed by atoms with van der Waals surface area (Å²) >= 11 is 0. The average molecular weight is 251 g/mol. The Morgan fingerprint density at radius 2 is 2.28 bits per heavy atom. The van der Waals surface area contributed by atoms with Crippen LogP contribution in [0.5, 0.6) is 0 Å². The number of hydrogen-bond acceptors (Lipinski definition) is 3. The third-order valence-corrected chi connectivity index (χ3v) is 3.57. The summed E-state index contributed by atoms with van der Waals surface area (Å²) in [5.74, 6) is -0.832. The molecule has 100 valence electrons. The van der Waals surface area contributed by atoms with Gasteiger partial charge in [0.1, 0.15) is 6.04 Å². The topological polar surface area (TPSA) is 67.2 Å². The first kappa shape index (κ1) is 13.1. The van der Waals surface area contributed by atoms with Gasteiger partial charge in [-0.1, -0.05) is 19.3 Å². The van der Waals surface area contributed by atoms with Crippen LogP contribution in [-0.4, -0.2) is 26.9 Å². The second-order valence-corrected chi connectivity index (χ2v) is 5.02. The highest BCUT2D eigenvalue weighted by molar-refractivity contribution is 5.72. The van der Waals surface area contributed by atoms with E-state index in [2.05, 4.69) is 10.4 Å². The van der Waals surface area contributed by atoms with Crippen molar-refractivity contribution in [2.75, 3.05) is 0 Å². The fourth-order valence-corrected chi connectivity index (χ4v) is 2.37. The zero-order valence-electron chi connectivity index (χ0n) is 10.8. The van der Waals surface area contributed by atoms with E-state index in [1.54, 1.807) is 6.92 Å². The van der Waals surface area contributed by atoms with E-state index in [1.165, 1.54) is 32.1 Å². The highest BCUT2D eigenvalue weighted by Crippen LogP contribution is 2.27. The number of carbonyl (C=O) groups is 1. The number of carboxylic acids is 1. The van der Waals surface area contributed by atoms with Gasteiger partial charge in [-0.2, -0.15) is 5.10 Å². The molecule has 1 aromatic rings. The minimum absolute atomic E-state index is 0.507. The number of carboxylic acid groups (broad SMARTS) is 1. The Morgan fingerprint density at radius 3 is 2.94 bits per heavy atom. The van der Waals surface area contributed by atoms with E-state index in [9.17, 15) is 4.79 Å². The van der Waals surface area contributed by atoms with Crippen molar-refractivity contribution < 1.29 is 9.90 Å². The van der Waals surface area contributed by atoms with Crippen molar-refractivity contribution >= 4 is 5.97 Å². The Kier molecular flexibility index (Phi) is 4.36. The first-order chi connectivity index (χ1) is 8.66. The second kappa shape index (κ2) is 6.00. The van der Waals surface area contributed by atoms with Gasteiger partial charge in [-0.3, -0.25) is 14.8 Å². The van der Waals surface area contributed by atoms with Gasteiger partial charge in [0.15, 0.2) is 0 Å². The summed E-state index contributed by atoms with van der Waals surface area (Å²) in [6.45, 7) is 2.15. The van der Waals surface area contributed by atoms with Crippen molar-refractivity contribution in [2.24, 2.45) is 0 Å². The maximum Gasteiger partial charge on any atom is 0.320 e. The van der Waals surface area contributed by atoms with E-state index in [-0.39, 0.29) is 0 Å². The third kappa shape index (κ3) is 3.32. The van der Waals surface area contributed by atoms with Crippen LogP contribution in [0.15, 0.2) is 12.3 Å². The summed E-state index contributed by atoms with van der Waals surface area (Å²) < 4.78 is 2.04. The first-order valence-electron chi connectivity index (χ1n) is 6.67. The standard InChI is InChI=1S/C13H21N3O2/c1-10(13(17)18)14-9-11-7-8-16(15-11)12-5-3-2-4-6-12/h7-8,10,12,14H,2-6,9H2,1H3,(H,17,18)/t10-/m1/s1. The van der Waals surface area contributed by atoms with Crippen molar-refractivity contribution in [2.45, 2.75) is 57.7 Å². The Hall–Kier alpha value is -1.36. The molecule has 0 aliphatic heterocycles. The molecule has 5 heteroatoms. The van der Waals surface area contributed by atoms with Crippen molar-refractivity contribution in [3.8, 4) is 0 Å². The van der Waals surface area contributed by atoms with Gasteiger partial charge < -0.3 is 5.11 Å². The molecule has 2 rings (SSSR count). The molecule has 5 nitrogen and oxygen atoms in total. The minimum atomic E-state index is -0.832. The van der Waals surface area contributed by atoms with Gasteiger partial charge in [0.2, 0.25) is 0 Å². The molecule has 1 atom stereocenters. The maximum atomic E-state index is 10.7. The summed E-state index contributed by atoms with van der Waals surface area (Å²) in [5.41, 5.74) is 0.911. The molecule has 0 amide bonds. The number of aliphatic carboxylic acids is 1. The van der Waals surface area contributed by atoms with Crippen LogP contribution in [0.4, 0.5) is 0 Å². The van der Waals surface area contributed by atoms with Crippen LogP contribution in [-0.2, 0) is 11.3 Å². The van der Waals surface area contributed by atoms with Gasteiger partial charge in [0.05, 0.1) is 11.7 Å². The molecule has 2 N–H and O–H groups in total. The van der Waals surface area contributed by atoms with E-state index in [1.807, 2.05) is 16.9 Å². The SMILES string of the molecule is C[C@@H](NCc1ccn(C2CCCCC2)n1)C(=O)O. The van der Waals surface area contributed by atoms with Gasteiger partial charge in [0, 0.05) is 12.7 Å². The predicted octanol–water partition coefficient (Wildman–Crippen LogP) is 1.95. The van der Waals surface area contributed by atoms with Gasteiger partial charge >= 0.3 is 5.97 Å². The van der Waals surface area contributed by atoms with E-state index in [0.717, 1.165) is 5.69 Å². The molecule has 0 unspecified atom stereocenters. The summed E-state index contributed by atoms with van der Waals surface area (Å²) in [4.78, 5) is 10.7. The highest BCUT2D eigenvalue weighted by atomic mass is 16.4. The van der Waals surface area contributed by atoms with Crippen LogP contribution >= 0.6 is 0 Å². The van der Waals surface area contributed by atoms with Crippen LogP contribution in [0.2, 0.25) is 0 Å². The van der Waals surface area contributed by atoms with Crippen LogP contribution in [0, 0.1) is 0 Å². The average Bonchev–Trinajstić information content (AvgIpc) is 2.85. The van der Waals surface area contributed by atoms with Gasteiger partial charge in [-0.15, -0.1) is 0 Å². The predicted molar refractivity (Wildman–Crippen MR) is 68.3 cm³/mol. The van der Waals surface area contributed by atoms with Crippen LogP contribution < -0.4 is 5.32 Å². The molecular weight excluding hydrogens is 230 g/mol. The fourth-order valence-electron chi connectivity index (χ4n) is 2.37. The third-order valence-electron chi connectivity index (χ3n) is 3.57. The number of hydrogen-bond donors (Lipinski definition) is 2. The van der Waals surface area contributed by atoms with Crippen molar-refractivity contribution in [1.82, 2.24) is 15.1 Å². The molecule has 1 aliphatic carbocycles. The molecule has 0 aromatic carbocycles. The normalized spacial score (nSPS) is 18.7. The molecule has 1 aromatic heterocycles. The van der Waals surface area contributed by atoms with Crippen molar-refractivity contribution in [3.05, 3.63) is 18.0 Å². The number of nitrogens with zero attached hydrogens (tertiary/aromatic N) is 2. The quantitative estimate of drug-likeness (QED) is 0.839. The summed E-state index contributed by atoms with van der Waals surface area (Å²) in [5, 5.41) is 16.2. The number of rotatable bonds is 5. The van der Waals surface area contributed by atoms with Crippen molar-refractivity contribution in [3.63, 3.8) is 0 Å². The lowest BCUT2D eigenvalue weighted by molar-refractivity contribution is -0.139. The minimum Gasteiger partial charge on any atom is -0.480 e. The second-order valence-electron chi connectivity index (χ2n) is 5.02. The molecule has 0 saturated heterocycles. The summed E-state index contributed by atoms with van der Waals surface area (Å²) in [7, 11) is 0. The Labute approximate surface area is 107 Å². The van der Waals surface area contributed by atoms with Crippen LogP contribution in [0.25, 0.3) is 0 Å². The Morgan fingerprint density at radius 1 is 1.56 bits per heavy atom. The van der Waals surface area contributed by atoms with Gasteiger partial charge in [-0.05, 0) is 25.8 Å². The van der Waals surface area contributed by atoms with Gasteiger partial charge in [-0.25, -0.2) is 0 Å². The molecule has 1 fully saturated rings. The zero-order chi connectivity index (χ0) is 13.0. The highest BCUT2D eigenvalue weighted by Gasteiger charge is 2.16. The molecule has 1 heterocycles. The van der Waals surface area contributed by atoms with E-state index in [0.29, 0.717) is 12.6 Å². The first-order valence-corrected chi connectivity index (χ1v) is 6.67. The zero-order valence-corrected chi connectivity index (χ0v) is 10.8. The molecule has 1 saturated carbocycles. The summed E-state index contributed by atoms with van der Waals surface area (Å²) in [6, 6.07) is 1.96. The van der Waals surface area contributed by atoms with Crippen LogP contribution in [0.1, 0.15) is 50.8 Å². The lowest BCUT2D eigenvalue weighted by atomic mass is 9.96. The lowest BCUT2D eigenvalue weighted by Crippen LogP contribution is -2.33. The van der Waals surface area contributed by atoms with E-state index >= 15 is 0 Å². The number of aromatic nitrogens is 2. The molecular formula is C13H21N3O2. The number of nitrogens with one attached hydrogen (secondary N) is 1.